The Morgan fingerprint density at radius 2 is 2.00 bits per heavy atom. The number of rotatable bonds is 6. The van der Waals surface area contributed by atoms with Crippen molar-refractivity contribution in [1.82, 2.24) is 4.98 Å². The highest BCUT2D eigenvalue weighted by Gasteiger charge is 2.14. The molecule has 0 aromatic carbocycles. The van der Waals surface area contributed by atoms with Gasteiger partial charge in [0.1, 0.15) is 8.96 Å². The van der Waals surface area contributed by atoms with Gasteiger partial charge in [0.05, 0.1) is 0 Å². The highest BCUT2D eigenvalue weighted by Crippen LogP contribution is 2.16. The number of hydrogen-bond acceptors (Lipinski definition) is 1. The maximum absolute atomic E-state index is 3.53. The van der Waals surface area contributed by atoms with Crippen LogP contribution < -0.4 is 4.98 Å². The first-order valence-electron chi connectivity index (χ1n) is 4.93. The summed E-state index contributed by atoms with van der Waals surface area (Å²) in [5, 5.41) is 0. The van der Waals surface area contributed by atoms with Gasteiger partial charge < -0.3 is 4.98 Å². The summed E-state index contributed by atoms with van der Waals surface area (Å²) in [7, 11) is 1.56. The van der Waals surface area contributed by atoms with Crippen LogP contribution in [0.15, 0.2) is 0 Å². The summed E-state index contributed by atoms with van der Waals surface area (Å²) in [5.74, 6) is 0. The summed E-state index contributed by atoms with van der Waals surface area (Å²) in [4.78, 5) is 3.53. The minimum atomic E-state index is -0.575. The molecule has 11 heavy (non-hydrogen) atoms. The van der Waals surface area contributed by atoms with Crippen LogP contribution in [-0.4, -0.2) is 16.0 Å². The lowest BCUT2D eigenvalue weighted by Crippen LogP contribution is -2.33. The van der Waals surface area contributed by atoms with Crippen LogP contribution in [0.4, 0.5) is 0 Å². The van der Waals surface area contributed by atoms with E-state index in [2.05, 4.69) is 32.8 Å². The zero-order valence-electron chi connectivity index (χ0n) is 8.48. The van der Waals surface area contributed by atoms with Crippen LogP contribution in [0.5, 0.6) is 0 Å². The summed E-state index contributed by atoms with van der Waals surface area (Å²) in [6, 6.07) is 1.47. The van der Waals surface area contributed by atoms with Gasteiger partial charge in [-0.15, -0.1) is 0 Å². The highest BCUT2D eigenvalue weighted by atomic mass is 28.3. The van der Waals surface area contributed by atoms with Crippen molar-refractivity contribution >= 4 is 8.96 Å². The predicted octanol–water partition coefficient (Wildman–Crippen LogP) is 2.53. The van der Waals surface area contributed by atoms with Crippen LogP contribution in [0.1, 0.15) is 40.0 Å². The average Bonchev–Trinajstić information content (AvgIpc) is 2.05. The van der Waals surface area contributed by atoms with Gasteiger partial charge >= 0.3 is 0 Å². The molecule has 0 rings (SSSR count). The molecule has 0 bridgehead atoms. The Morgan fingerprint density at radius 3 is 2.36 bits per heavy atom. The molecule has 0 saturated carbocycles. The van der Waals surface area contributed by atoms with E-state index < -0.39 is 8.96 Å². The Bertz CT molecular complexity index is 85.6. The van der Waals surface area contributed by atoms with Gasteiger partial charge in [-0.25, -0.2) is 0 Å². The topological polar surface area (TPSA) is 12.0 Å². The monoisotopic (exact) mass is 173 g/mol. The van der Waals surface area contributed by atoms with Crippen LogP contribution in [0.3, 0.4) is 0 Å². The molecule has 0 aromatic heterocycles. The second kappa shape index (κ2) is 6.86. The standard InChI is InChI=1S/C9H23NSi/c1-5-7-8-11(10-4)9(3)6-2/h9-11H,5-8H2,1-4H3. The molecule has 0 aromatic rings. The zero-order valence-corrected chi connectivity index (χ0v) is 9.64. The van der Waals surface area contributed by atoms with Crippen molar-refractivity contribution in [2.24, 2.45) is 0 Å². The molecule has 0 aliphatic carbocycles. The Labute approximate surface area is 73.3 Å². The molecule has 0 spiro atoms. The second-order valence-electron chi connectivity index (χ2n) is 3.42. The van der Waals surface area contributed by atoms with Crippen LogP contribution in [0.2, 0.25) is 11.6 Å². The van der Waals surface area contributed by atoms with Gasteiger partial charge in [-0.05, 0) is 18.6 Å². The van der Waals surface area contributed by atoms with Gasteiger partial charge in [-0.1, -0.05) is 40.0 Å². The van der Waals surface area contributed by atoms with E-state index in [1.54, 1.807) is 0 Å². The fourth-order valence-corrected chi connectivity index (χ4v) is 4.27. The molecule has 0 saturated heterocycles. The third kappa shape index (κ3) is 4.59. The van der Waals surface area contributed by atoms with Crippen molar-refractivity contribution < 1.29 is 0 Å². The van der Waals surface area contributed by atoms with E-state index >= 15 is 0 Å². The lowest BCUT2D eigenvalue weighted by molar-refractivity contribution is 0.794. The van der Waals surface area contributed by atoms with Crippen molar-refractivity contribution in [3.63, 3.8) is 0 Å². The average molecular weight is 173 g/mol. The molecular formula is C9H23NSi. The number of unbranched alkanes of at least 4 members (excludes halogenated alkanes) is 1. The van der Waals surface area contributed by atoms with Gasteiger partial charge in [0, 0.05) is 0 Å². The maximum atomic E-state index is 3.53. The van der Waals surface area contributed by atoms with Crippen molar-refractivity contribution in [2.45, 2.75) is 51.6 Å². The first-order chi connectivity index (χ1) is 5.26. The highest BCUT2D eigenvalue weighted by molar-refractivity contribution is 6.57. The van der Waals surface area contributed by atoms with Gasteiger partial charge in [0.15, 0.2) is 0 Å². The van der Waals surface area contributed by atoms with E-state index in [9.17, 15) is 0 Å². The first kappa shape index (κ1) is 11.2. The van der Waals surface area contributed by atoms with Crippen LogP contribution in [0.25, 0.3) is 0 Å². The van der Waals surface area contributed by atoms with Gasteiger partial charge in [0.25, 0.3) is 0 Å². The quantitative estimate of drug-likeness (QED) is 0.609. The van der Waals surface area contributed by atoms with E-state index in [1.165, 1.54) is 25.3 Å². The van der Waals surface area contributed by atoms with Gasteiger partial charge in [-0.3, -0.25) is 0 Å². The fourth-order valence-electron chi connectivity index (χ4n) is 1.42. The molecule has 1 nitrogen and oxygen atoms in total. The Morgan fingerprint density at radius 1 is 1.36 bits per heavy atom. The molecule has 0 amide bonds. The Balaban J connectivity index is 3.56. The zero-order chi connectivity index (χ0) is 8.69. The molecular weight excluding hydrogens is 150 g/mol. The molecule has 0 aliphatic heterocycles. The summed E-state index contributed by atoms with van der Waals surface area (Å²) in [6.07, 6.45) is 4.12. The predicted molar refractivity (Wildman–Crippen MR) is 55.6 cm³/mol. The smallest absolute Gasteiger partial charge is 0.111 e. The normalized spacial score (nSPS) is 16.4. The van der Waals surface area contributed by atoms with Crippen LogP contribution in [0, 0.1) is 0 Å². The first-order valence-corrected chi connectivity index (χ1v) is 6.99. The molecule has 2 heteroatoms. The van der Waals surface area contributed by atoms with Crippen molar-refractivity contribution in [2.75, 3.05) is 7.05 Å². The molecule has 0 aliphatic rings. The van der Waals surface area contributed by atoms with Crippen molar-refractivity contribution in [3.05, 3.63) is 0 Å². The molecule has 68 valence electrons. The van der Waals surface area contributed by atoms with E-state index in [0.29, 0.717) is 0 Å². The van der Waals surface area contributed by atoms with E-state index in [-0.39, 0.29) is 0 Å². The molecule has 0 fully saturated rings. The molecule has 2 atom stereocenters. The largest absolute Gasteiger partial charge is 0.342 e. The molecule has 0 radical (unpaired) electrons. The minimum absolute atomic E-state index is 0.575. The lowest BCUT2D eigenvalue weighted by Gasteiger charge is -2.19. The fraction of sp³-hybridized carbons (Fsp3) is 1.00. The summed E-state index contributed by atoms with van der Waals surface area (Å²) in [6.45, 7) is 6.97. The summed E-state index contributed by atoms with van der Waals surface area (Å²) in [5.41, 5.74) is 0.964. The molecule has 0 heterocycles. The molecule has 2 unspecified atom stereocenters. The molecule has 1 N–H and O–H groups in total. The SMILES string of the molecule is CCCC[SiH](NC)C(C)CC. The van der Waals surface area contributed by atoms with Crippen molar-refractivity contribution in [1.29, 1.82) is 0 Å². The van der Waals surface area contributed by atoms with Crippen LogP contribution >= 0.6 is 0 Å². The van der Waals surface area contributed by atoms with Crippen molar-refractivity contribution in [3.8, 4) is 0 Å². The summed E-state index contributed by atoms with van der Waals surface area (Å²) >= 11 is 0. The number of nitrogens with one attached hydrogen (secondary N) is 1. The van der Waals surface area contributed by atoms with E-state index in [4.69, 9.17) is 0 Å². The Kier molecular flexibility index (Phi) is 6.97. The second-order valence-corrected chi connectivity index (χ2v) is 6.93. The third-order valence-corrected chi connectivity index (χ3v) is 6.19. The third-order valence-electron chi connectivity index (χ3n) is 2.57. The summed E-state index contributed by atoms with van der Waals surface area (Å²) < 4.78 is 0. The Hall–Kier alpha value is 0.177. The van der Waals surface area contributed by atoms with Gasteiger partial charge in [-0.2, -0.15) is 0 Å². The minimum Gasteiger partial charge on any atom is -0.342 e. The van der Waals surface area contributed by atoms with E-state index in [0.717, 1.165) is 5.54 Å². The maximum Gasteiger partial charge on any atom is 0.111 e. The lowest BCUT2D eigenvalue weighted by atomic mass is 10.4. The van der Waals surface area contributed by atoms with E-state index in [1.807, 2.05) is 0 Å². The van der Waals surface area contributed by atoms with Crippen LogP contribution in [-0.2, 0) is 0 Å². The number of hydrogen-bond donors (Lipinski definition) is 1. The van der Waals surface area contributed by atoms with Gasteiger partial charge in [0.2, 0.25) is 0 Å².